The third kappa shape index (κ3) is 3.15. The Morgan fingerprint density at radius 2 is 2.16 bits per heavy atom. The van der Waals surface area contributed by atoms with E-state index in [9.17, 15) is 4.39 Å². The molecule has 0 saturated carbocycles. The Kier molecular flexibility index (Phi) is 4.24. The van der Waals surface area contributed by atoms with Crippen LogP contribution in [0.1, 0.15) is 23.2 Å². The van der Waals surface area contributed by atoms with E-state index in [1.165, 1.54) is 12.1 Å². The van der Waals surface area contributed by atoms with Crippen molar-refractivity contribution in [2.75, 3.05) is 13.7 Å². The minimum absolute atomic E-state index is 0.206. The molecule has 0 spiro atoms. The molecule has 1 aliphatic heterocycles. The van der Waals surface area contributed by atoms with Gasteiger partial charge in [0.15, 0.2) is 11.5 Å². The molecule has 25 heavy (non-hydrogen) atoms. The van der Waals surface area contributed by atoms with Crippen molar-refractivity contribution in [1.82, 2.24) is 25.1 Å². The van der Waals surface area contributed by atoms with Gasteiger partial charge in [0.25, 0.3) is 5.89 Å². The molecule has 9 heteroatoms. The summed E-state index contributed by atoms with van der Waals surface area (Å²) >= 11 is 0. The maximum atomic E-state index is 13.1. The lowest BCUT2D eigenvalue weighted by Gasteiger charge is -2.24. The number of methoxy groups -OCH3 is 1. The fourth-order valence-electron chi connectivity index (χ4n) is 2.70. The lowest BCUT2D eigenvalue weighted by molar-refractivity contribution is -0.00120. The van der Waals surface area contributed by atoms with E-state index in [1.807, 2.05) is 0 Å². The summed E-state index contributed by atoms with van der Waals surface area (Å²) in [6, 6.07) is 6.26. The lowest BCUT2D eigenvalue weighted by atomic mass is 10.1. The molecule has 0 aliphatic carbocycles. The van der Waals surface area contributed by atoms with Crippen LogP contribution in [0.4, 0.5) is 4.39 Å². The van der Waals surface area contributed by atoms with E-state index in [1.54, 1.807) is 23.9 Å². The van der Waals surface area contributed by atoms with Gasteiger partial charge in [-0.15, -0.1) is 5.10 Å². The molecule has 3 aromatic rings. The quantitative estimate of drug-likeness (QED) is 0.698. The minimum Gasteiger partial charge on any atom is -0.384 e. The van der Waals surface area contributed by atoms with Gasteiger partial charge in [-0.05, 0) is 17.7 Å². The molecule has 2 aromatic heterocycles. The average molecular weight is 345 g/mol. The van der Waals surface area contributed by atoms with E-state index in [0.717, 1.165) is 11.3 Å². The summed E-state index contributed by atoms with van der Waals surface area (Å²) in [6.45, 7) is 1.31. The van der Waals surface area contributed by atoms with Crippen molar-refractivity contribution >= 4 is 0 Å². The van der Waals surface area contributed by atoms with E-state index < -0.39 is 0 Å². The van der Waals surface area contributed by atoms with Crippen LogP contribution >= 0.6 is 0 Å². The van der Waals surface area contributed by atoms with Gasteiger partial charge in [0.1, 0.15) is 11.9 Å². The first-order valence-corrected chi connectivity index (χ1v) is 7.86. The molecule has 1 aliphatic rings. The predicted octanol–water partition coefficient (Wildman–Crippen LogP) is 1.93. The first-order chi connectivity index (χ1) is 12.2. The molecule has 0 bridgehead atoms. The van der Waals surface area contributed by atoms with Crippen molar-refractivity contribution in [2.45, 2.75) is 25.7 Å². The van der Waals surface area contributed by atoms with Crippen LogP contribution in [0.3, 0.4) is 0 Å². The van der Waals surface area contributed by atoms with Gasteiger partial charge in [0.05, 0.1) is 25.5 Å². The Morgan fingerprint density at radius 1 is 1.32 bits per heavy atom. The largest absolute Gasteiger partial charge is 0.384 e. The van der Waals surface area contributed by atoms with Gasteiger partial charge in [0, 0.05) is 13.5 Å². The normalized spacial score (nSPS) is 16.8. The summed E-state index contributed by atoms with van der Waals surface area (Å²) in [4.78, 5) is 4.31. The molecule has 0 radical (unpaired) electrons. The first-order valence-electron chi connectivity index (χ1n) is 7.86. The van der Waals surface area contributed by atoms with Gasteiger partial charge >= 0.3 is 0 Å². The first kappa shape index (κ1) is 15.9. The summed E-state index contributed by atoms with van der Waals surface area (Å²) in [5.41, 5.74) is 2.19. The van der Waals surface area contributed by atoms with Crippen LogP contribution in [0.15, 0.2) is 28.8 Å². The molecule has 1 atom stereocenters. The fourth-order valence-corrected chi connectivity index (χ4v) is 2.70. The van der Waals surface area contributed by atoms with Crippen molar-refractivity contribution in [3.8, 4) is 11.6 Å². The second kappa shape index (κ2) is 6.69. The molecule has 4 rings (SSSR count). The Labute approximate surface area is 142 Å². The Balaban J connectivity index is 1.54. The predicted molar refractivity (Wildman–Crippen MR) is 82.8 cm³/mol. The number of fused-ring (bicyclic) bond motifs is 1. The Hall–Kier alpha value is -2.65. The highest BCUT2D eigenvalue weighted by molar-refractivity contribution is 5.49. The summed E-state index contributed by atoms with van der Waals surface area (Å²) in [5, 5.41) is 12.2. The second-order valence-corrected chi connectivity index (χ2v) is 5.68. The molecule has 3 heterocycles. The highest BCUT2D eigenvalue weighted by atomic mass is 19.1. The zero-order valence-electron chi connectivity index (χ0n) is 13.6. The number of benzene rings is 1. The highest BCUT2D eigenvalue weighted by Gasteiger charge is 2.27. The lowest BCUT2D eigenvalue weighted by Crippen LogP contribution is -2.22. The van der Waals surface area contributed by atoms with Gasteiger partial charge in [-0.25, -0.2) is 9.07 Å². The van der Waals surface area contributed by atoms with Crippen LogP contribution in [0, 0.1) is 5.82 Å². The van der Waals surface area contributed by atoms with E-state index in [4.69, 9.17) is 14.0 Å². The van der Waals surface area contributed by atoms with Crippen LogP contribution in [-0.4, -0.2) is 38.9 Å². The topological polar surface area (TPSA) is 88.1 Å². The standard InChI is InChI=1S/C16H16FN5O3/c1-23-7-6-14-18-16(25-20-14)15-12-9-24-13(8-22(12)21-19-15)10-2-4-11(17)5-3-10/h2-5,13H,6-9H2,1H3. The number of rotatable bonds is 5. The minimum atomic E-state index is -0.274. The molecule has 130 valence electrons. The van der Waals surface area contributed by atoms with Crippen LogP contribution in [0.2, 0.25) is 0 Å². The van der Waals surface area contributed by atoms with Crippen LogP contribution in [-0.2, 0) is 29.0 Å². The number of hydrogen-bond donors (Lipinski definition) is 0. The number of halogens is 1. The number of nitrogens with zero attached hydrogens (tertiary/aromatic N) is 5. The monoisotopic (exact) mass is 345 g/mol. The Bertz CT molecular complexity index is 861. The summed E-state index contributed by atoms with van der Waals surface area (Å²) < 4.78 is 31.0. The molecular formula is C16H16FN5O3. The van der Waals surface area contributed by atoms with E-state index in [2.05, 4.69) is 20.5 Å². The molecule has 8 nitrogen and oxygen atoms in total. The second-order valence-electron chi connectivity index (χ2n) is 5.68. The van der Waals surface area contributed by atoms with Gasteiger partial charge in [0.2, 0.25) is 0 Å². The smallest absolute Gasteiger partial charge is 0.280 e. The van der Waals surface area contributed by atoms with E-state index >= 15 is 0 Å². The van der Waals surface area contributed by atoms with Gasteiger partial charge in [-0.1, -0.05) is 22.5 Å². The molecule has 1 aromatic carbocycles. The maximum Gasteiger partial charge on any atom is 0.280 e. The van der Waals surface area contributed by atoms with Crippen molar-refractivity contribution in [1.29, 1.82) is 0 Å². The van der Waals surface area contributed by atoms with Crippen LogP contribution < -0.4 is 0 Å². The number of aromatic nitrogens is 5. The zero-order chi connectivity index (χ0) is 17.2. The molecule has 0 saturated heterocycles. The van der Waals surface area contributed by atoms with Crippen molar-refractivity contribution in [2.24, 2.45) is 0 Å². The molecular weight excluding hydrogens is 329 g/mol. The fraction of sp³-hybridized carbons (Fsp3) is 0.375. The summed E-state index contributed by atoms with van der Waals surface area (Å²) in [6.07, 6.45) is 0.356. The zero-order valence-corrected chi connectivity index (χ0v) is 13.6. The van der Waals surface area contributed by atoms with Gasteiger partial charge in [-0.2, -0.15) is 4.98 Å². The van der Waals surface area contributed by atoms with Crippen LogP contribution in [0.25, 0.3) is 11.6 Å². The van der Waals surface area contributed by atoms with Crippen molar-refractivity contribution in [3.63, 3.8) is 0 Å². The third-order valence-corrected chi connectivity index (χ3v) is 4.04. The number of ether oxygens (including phenoxy) is 2. The Morgan fingerprint density at radius 3 is 2.96 bits per heavy atom. The van der Waals surface area contributed by atoms with Crippen LogP contribution in [0.5, 0.6) is 0 Å². The SMILES string of the molecule is COCCc1noc(-c2nnn3c2COC(c2ccc(F)cc2)C3)n1. The summed E-state index contributed by atoms with van der Waals surface area (Å²) in [5.74, 6) is 0.597. The van der Waals surface area contributed by atoms with E-state index in [0.29, 0.717) is 43.6 Å². The van der Waals surface area contributed by atoms with E-state index in [-0.39, 0.29) is 11.9 Å². The van der Waals surface area contributed by atoms with Crippen molar-refractivity contribution in [3.05, 3.63) is 47.2 Å². The summed E-state index contributed by atoms with van der Waals surface area (Å²) in [7, 11) is 1.62. The highest BCUT2D eigenvalue weighted by Crippen LogP contribution is 2.30. The number of hydrogen-bond acceptors (Lipinski definition) is 7. The van der Waals surface area contributed by atoms with Gasteiger partial charge in [-0.3, -0.25) is 0 Å². The molecule has 1 unspecified atom stereocenters. The molecule has 0 amide bonds. The third-order valence-electron chi connectivity index (χ3n) is 4.04. The average Bonchev–Trinajstić information content (AvgIpc) is 3.26. The maximum absolute atomic E-state index is 13.1. The molecule has 0 fully saturated rings. The van der Waals surface area contributed by atoms with Crippen molar-refractivity contribution < 1.29 is 18.4 Å². The van der Waals surface area contributed by atoms with Gasteiger partial charge < -0.3 is 14.0 Å². The molecule has 0 N–H and O–H groups in total.